The van der Waals surface area contributed by atoms with Crippen LogP contribution in [0.4, 0.5) is 11.4 Å². The summed E-state index contributed by atoms with van der Waals surface area (Å²) in [5, 5.41) is 3.36. The van der Waals surface area contributed by atoms with Crippen molar-refractivity contribution in [3.8, 4) is 5.75 Å². The molecule has 2 aromatic rings. The van der Waals surface area contributed by atoms with Gasteiger partial charge in [0, 0.05) is 30.4 Å². The molecular formula is C18H16Cl2N2O3. The van der Waals surface area contributed by atoms with Crippen molar-refractivity contribution in [2.45, 2.75) is 13.3 Å². The molecule has 1 aliphatic rings. The molecule has 7 heteroatoms. The fraction of sp³-hybridized carbons (Fsp3) is 0.222. The second-order valence-corrected chi connectivity index (χ2v) is 6.51. The van der Waals surface area contributed by atoms with E-state index in [1.165, 1.54) is 19.2 Å². The molecule has 5 nitrogen and oxygen atoms in total. The third-order valence-corrected chi connectivity index (χ3v) is 4.64. The van der Waals surface area contributed by atoms with Crippen molar-refractivity contribution in [2.75, 3.05) is 23.9 Å². The molecule has 1 heterocycles. The van der Waals surface area contributed by atoms with Gasteiger partial charge in [-0.1, -0.05) is 23.2 Å². The quantitative estimate of drug-likeness (QED) is 0.871. The highest BCUT2D eigenvalue weighted by molar-refractivity contribution is 6.37. The number of hydrogen-bond donors (Lipinski definition) is 1. The highest BCUT2D eigenvalue weighted by Gasteiger charge is 2.22. The molecule has 0 unspecified atom stereocenters. The van der Waals surface area contributed by atoms with Gasteiger partial charge in [-0.05, 0) is 42.3 Å². The third kappa shape index (κ3) is 3.43. The van der Waals surface area contributed by atoms with E-state index in [0.29, 0.717) is 23.5 Å². The number of carbonyl (C=O) groups is 2. The molecule has 0 saturated carbocycles. The molecule has 0 aromatic heterocycles. The number of methoxy groups -OCH3 is 1. The minimum absolute atomic E-state index is 0.0121. The largest absolute Gasteiger partial charge is 0.494 e. The monoisotopic (exact) mass is 378 g/mol. The van der Waals surface area contributed by atoms with Crippen molar-refractivity contribution < 1.29 is 14.3 Å². The maximum absolute atomic E-state index is 12.5. The summed E-state index contributed by atoms with van der Waals surface area (Å²) in [4.78, 5) is 25.8. The Kier molecular flexibility index (Phi) is 4.88. The Labute approximate surface area is 155 Å². The highest BCUT2D eigenvalue weighted by atomic mass is 35.5. The van der Waals surface area contributed by atoms with E-state index in [4.69, 9.17) is 27.9 Å². The summed E-state index contributed by atoms with van der Waals surface area (Å²) >= 11 is 12.2. The third-order valence-electron chi connectivity index (χ3n) is 4.08. The summed E-state index contributed by atoms with van der Waals surface area (Å²) in [5.74, 6) is 0.0209. The summed E-state index contributed by atoms with van der Waals surface area (Å²) in [7, 11) is 1.46. The first-order valence-corrected chi connectivity index (χ1v) is 8.41. The van der Waals surface area contributed by atoms with Crippen molar-refractivity contribution in [3.63, 3.8) is 0 Å². The lowest BCUT2D eigenvalue weighted by molar-refractivity contribution is -0.116. The Morgan fingerprint density at radius 2 is 1.84 bits per heavy atom. The number of nitrogens with zero attached hydrogens (tertiary/aromatic N) is 1. The van der Waals surface area contributed by atoms with E-state index >= 15 is 0 Å². The predicted octanol–water partition coefficient (Wildman–Crippen LogP) is 4.16. The van der Waals surface area contributed by atoms with Crippen LogP contribution in [0.15, 0.2) is 30.3 Å². The van der Waals surface area contributed by atoms with Gasteiger partial charge in [0.05, 0.1) is 17.2 Å². The maximum Gasteiger partial charge on any atom is 0.255 e. The van der Waals surface area contributed by atoms with E-state index in [2.05, 4.69) is 5.32 Å². The van der Waals surface area contributed by atoms with Crippen molar-refractivity contribution in [3.05, 3.63) is 51.5 Å². The number of benzene rings is 2. The van der Waals surface area contributed by atoms with Crippen LogP contribution in [-0.2, 0) is 11.2 Å². The Balaban J connectivity index is 1.82. The minimum atomic E-state index is -0.326. The first kappa shape index (κ1) is 17.6. The van der Waals surface area contributed by atoms with Gasteiger partial charge in [0.25, 0.3) is 5.91 Å². The summed E-state index contributed by atoms with van der Waals surface area (Å²) in [6, 6.07) is 8.50. The minimum Gasteiger partial charge on any atom is -0.494 e. The molecule has 0 radical (unpaired) electrons. The van der Waals surface area contributed by atoms with E-state index in [1.54, 1.807) is 17.9 Å². The molecule has 1 aliphatic heterocycles. The number of carbonyl (C=O) groups excluding carboxylic acids is 2. The van der Waals surface area contributed by atoms with Crippen LogP contribution in [0, 0.1) is 0 Å². The van der Waals surface area contributed by atoms with Gasteiger partial charge >= 0.3 is 0 Å². The average molecular weight is 379 g/mol. The fourth-order valence-electron chi connectivity index (χ4n) is 2.90. The number of halogens is 2. The molecular weight excluding hydrogens is 363 g/mol. The molecule has 1 N–H and O–H groups in total. The van der Waals surface area contributed by atoms with Crippen LogP contribution < -0.4 is 15.0 Å². The SMILES string of the molecule is COc1c(Cl)cc(C(=O)Nc2ccc3c(c2)CCN3C(C)=O)cc1Cl. The van der Waals surface area contributed by atoms with Crippen molar-refractivity contribution >= 4 is 46.4 Å². The van der Waals surface area contributed by atoms with Crippen molar-refractivity contribution in [2.24, 2.45) is 0 Å². The van der Waals surface area contributed by atoms with Crippen LogP contribution in [0.3, 0.4) is 0 Å². The Bertz CT molecular complexity index is 844. The number of fused-ring (bicyclic) bond motifs is 1. The van der Waals surface area contributed by atoms with E-state index < -0.39 is 0 Å². The molecule has 3 rings (SSSR count). The van der Waals surface area contributed by atoms with Crippen LogP contribution >= 0.6 is 23.2 Å². The molecule has 130 valence electrons. The lowest BCUT2D eigenvalue weighted by Crippen LogP contribution is -2.25. The Morgan fingerprint density at radius 1 is 1.16 bits per heavy atom. The summed E-state index contributed by atoms with van der Waals surface area (Å²) < 4.78 is 5.08. The van der Waals surface area contributed by atoms with Crippen LogP contribution in [-0.4, -0.2) is 25.5 Å². The number of amides is 2. The molecule has 0 saturated heterocycles. The zero-order valence-electron chi connectivity index (χ0n) is 13.7. The van der Waals surface area contributed by atoms with E-state index in [1.807, 2.05) is 12.1 Å². The lowest BCUT2D eigenvalue weighted by atomic mass is 10.1. The standard InChI is InChI=1S/C18H16Cl2N2O3/c1-10(23)22-6-5-11-7-13(3-4-16(11)22)21-18(24)12-8-14(19)17(25-2)15(20)9-12/h3-4,7-9H,5-6H2,1-2H3,(H,21,24). The summed E-state index contributed by atoms with van der Waals surface area (Å²) in [6.07, 6.45) is 0.763. The van der Waals surface area contributed by atoms with Gasteiger partial charge in [-0.25, -0.2) is 0 Å². The highest BCUT2D eigenvalue weighted by Crippen LogP contribution is 2.34. The van der Waals surface area contributed by atoms with Crippen molar-refractivity contribution in [1.82, 2.24) is 0 Å². The van der Waals surface area contributed by atoms with Gasteiger partial charge in [-0.2, -0.15) is 0 Å². The number of nitrogens with one attached hydrogen (secondary N) is 1. The normalized spacial score (nSPS) is 12.7. The summed E-state index contributed by atoms with van der Waals surface area (Å²) in [6.45, 7) is 2.20. The first-order chi connectivity index (χ1) is 11.9. The summed E-state index contributed by atoms with van der Waals surface area (Å²) in [5.41, 5.74) is 2.90. The number of rotatable bonds is 3. The first-order valence-electron chi connectivity index (χ1n) is 7.66. The van der Waals surface area contributed by atoms with Crippen LogP contribution in [0.1, 0.15) is 22.8 Å². The Morgan fingerprint density at radius 3 is 2.44 bits per heavy atom. The van der Waals surface area contributed by atoms with Crippen molar-refractivity contribution in [1.29, 1.82) is 0 Å². The van der Waals surface area contributed by atoms with E-state index in [0.717, 1.165) is 17.7 Å². The zero-order valence-corrected chi connectivity index (χ0v) is 15.2. The molecule has 2 amide bonds. The molecule has 0 aliphatic carbocycles. The van der Waals surface area contributed by atoms with Crippen LogP contribution in [0.2, 0.25) is 10.0 Å². The number of hydrogen-bond acceptors (Lipinski definition) is 3. The molecule has 0 fully saturated rings. The molecule has 0 atom stereocenters. The smallest absolute Gasteiger partial charge is 0.255 e. The van der Waals surface area contributed by atoms with Gasteiger partial charge in [-0.15, -0.1) is 0 Å². The van der Waals surface area contributed by atoms with E-state index in [-0.39, 0.29) is 21.9 Å². The van der Waals surface area contributed by atoms with Gasteiger partial charge in [-0.3, -0.25) is 9.59 Å². The molecule has 0 spiro atoms. The van der Waals surface area contributed by atoms with E-state index in [9.17, 15) is 9.59 Å². The lowest BCUT2D eigenvalue weighted by Gasteiger charge is -2.15. The maximum atomic E-state index is 12.5. The second kappa shape index (κ2) is 6.94. The number of ether oxygens (including phenoxy) is 1. The van der Waals surface area contributed by atoms with Crippen LogP contribution in [0.25, 0.3) is 0 Å². The zero-order chi connectivity index (χ0) is 18.1. The molecule has 2 aromatic carbocycles. The van der Waals surface area contributed by atoms with Gasteiger partial charge < -0.3 is 15.0 Å². The molecule has 25 heavy (non-hydrogen) atoms. The van der Waals surface area contributed by atoms with Gasteiger partial charge in [0.2, 0.25) is 5.91 Å². The van der Waals surface area contributed by atoms with Crippen LogP contribution in [0.5, 0.6) is 5.75 Å². The van der Waals surface area contributed by atoms with Gasteiger partial charge in [0.15, 0.2) is 5.75 Å². The fourth-order valence-corrected chi connectivity index (χ4v) is 3.54. The number of anilines is 2. The average Bonchev–Trinajstić information content (AvgIpc) is 2.97. The molecule has 0 bridgehead atoms. The Hall–Kier alpha value is -2.24. The topological polar surface area (TPSA) is 58.6 Å². The predicted molar refractivity (Wildman–Crippen MR) is 99.1 cm³/mol. The van der Waals surface area contributed by atoms with Gasteiger partial charge in [0.1, 0.15) is 0 Å². The second-order valence-electron chi connectivity index (χ2n) is 5.69.